The summed E-state index contributed by atoms with van der Waals surface area (Å²) >= 11 is 0. The zero-order chi connectivity index (χ0) is 14.7. The average Bonchev–Trinajstić information content (AvgIpc) is 3.00. The molecule has 1 heterocycles. The summed E-state index contributed by atoms with van der Waals surface area (Å²) in [5.41, 5.74) is 1.78. The molecule has 3 heteroatoms. The van der Waals surface area contributed by atoms with Gasteiger partial charge in [-0.15, -0.1) is 0 Å². The molecule has 116 valence electrons. The maximum Gasteiger partial charge on any atom is 0.0670 e. The third kappa shape index (κ3) is 3.15. The van der Waals surface area contributed by atoms with Crippen LogP contribution in [0.15, 0.2) is 30.3 Å². The van der Waals surface area contributed by atoms with Gasteiger partial charge in [-0.1, -0.05) is 43.2 Å². The van der Waals surface area contributed by atoms with Gasteiger partial charge in [0.15, 0.2) is 0 Å². The minimum absolute atomic E-state index is 0.303. The smallest absolute Gasteiger partial charge is 0.0670 e. The molecule has 0 amide bonds. The third-order valence-electron chi connectivity index (χ3n) is 5.37. The van der Waals surface area contributed by atoms with E-state index in [9.17, 15) is 0 Å². The lowest BCUT2D eigenvalue weighted by Gasteiger charge is -2.49. The van der Waals surface area contributed by atoms with E-state index < -0.39 is 0 Å². The first-order valence-electron chi connectivity index (χ1n) is 8.30. The summed E-state index contributed by atoms with van der Waals surface area (Å²) in [4.78, 5) is 2.71. The number of methoxy groups -OCH3 is 1. The Morgan fingerprint density at radius 2 is 2.00 bits per heavy atom. The molecule has 0 bridgehead atoms. The number of benzene rings is 1. The minimum atomic E-state index is 0.303. The van der Waals surface area contributed by atoms with Crippen LogP contribution < -0.4 is 5.32 Å². The van der Waals surface area contributed by atoms with Crippen molar-refractivity contribution in [2.24, 2.45) is 0 Å². The van der Waals surface area contributed by atoms with Crippen LogP contribution in [-0.2, 0) is 4.74 Å². The number of hydrogen-bond donors (Lipinski definition) is 1. The summed E-state index contributed by atoms with van der Waals surface area (Å²) in [6, 6.07) is 11.3. The van der Waals surface area contributed by atoms with Crippen LogP contribution in [0.4, 0.5) is 0 Å². The van der Waals surface area contributed by atoms with Crippen molar-refractivity contribution in [3.63, 3.8) is 0 Å². The van der Waals surface area contributed by atoms with Crippen molar-refractivity contribution in [3.05, 3.63) is 35.9 Å². The van der Waals surface area contributed by atoms with Crippen molar-refractivity contribution < 1.29 is 4.74 Å². The molecule has 2 unspecified atom stereocenters. The van der Waals surface area contributed by atoms with Crippen LogP contribution in [0.25, 0.3) is 0 Å². The molecule has 21 heavy (non-hydrogen) atoms. The van der Waals surface area contributed by atoms with E-state index in [2.05, 4.69) is 47.5 Å². The fraction of sp³-hybridized carbons (Fsp3) is 0.667. The first-order chi connectivity index (χ1) is 10.2. The fourth-order valence-corrected chi connectivity index (χ4v) is 3.99. The first kappa shape index (κ1) is 15.0. The lowest BCUT2D eigenvalue weighted by atomic mass is 9.89. The number of nitrogens with one attached hydrogen (secondary N) is 1. The van der Waals surface area contributed by atoms with Crippen LogP contribution in [0.2, 0.25) is 0 Å². The molecular weight excluding hydrogens is 260 g/mol. The summed E-state index contributed by atoms with van der Waals surface area (Å²) in [5, 5.41) is 3.81. The number of piperazine rings is 1. The minimum Gasteiger partial charge on any atom is -0.380 e. The summed E-state index contributed by atoms with van der Waals surface area (Å²) in [6.07, 6.45) is 5.71. The van der Waals surface area contributed by atoms with E-state index in [0.29, 0.717) is 17.7 Å². The molecule has 2 fully saturated rings. The van der Waals surface area contributed by atoms with E-state index in [4.69, 9.17) is 4.74 Å². The van der Waals surface area contributed by atoms with Crippen LogP contribution in [0, 0.1) is 0 Å². The standard InChI is InChI=1S/C18H28N2O/c1-15(21-2)12-20-13-17(16-8-4-3-5-9-16)19-14-18(20)10-6-7-11-18/h3-5,8-9,15,17,19H,6-7,10-14H2,1-2H3. The molecular formula is C18H28N2O. The van der Waals surface area contributed by atoms with Gasteiger partial charge in [0.2, 0.25) is 0 Å². The van der Waals surface area contributed by atoms with Crippen molar-refractivity contribution >= 4 is 0 Å². The van der Waals surface area contributed by atoms with Crippen molar-refractivity contribution in [1.82, 2.24) is 10.2 Å². The Morgan fingerprint density at radius 1 is 1.29 bits per heavy atom. The van der Waals surface area contributed by atoms with Crippen molar-refractivity contribution in [1.29, 1.82) is 0 Å². The number of rotatable bonds is 4. The Kier molecular flexibility index (Phi) is 4.63. The molecule has 2 aliphatic rings. The summed E-state index contributed by atoms with van der Waals surface area (Å²) in [6.45, 7) is 5.43. The monoisotopic (exact) mass is 288 g/mol. The number of ether oxygens (including phenoxy) is 1. The van der Waals surface area contributed by atoms with Gasteiger partial charge >= 0.3 is 0 Å². The first-order valence-corrected chi connectivity index (χ1v) is 8.30. The molecule has 1 aliphatic heterocycles. The van der Waals surface area contributed by atoms with Gasteiger partial charge < -0.3 is 10.1 Å². The van der Waals surface area contributed by atoms with E-state index in [0.717, 1.165) is 19.6 Å². The van der Waals surface area contributed by atoms with Crippen LogP contribution in [-0.4, -0.2) is 43.3 Å². The number of hydrogen-bond acceptors (Lipinski definition) is 3. The van der Waals surface area contributed by atoms with Gasteiger partial charge in [-0.2, -0.15) is 0 Å². The normalized spacial score (nSPS) is 27.0. The van der Waals surface area contributed by atoms with E-state index in [1.807, 2.05) is 7.11 Å². The van der Waals surface area contributed by atoms with Gasteiger partial charge in [-0.05, 0) is 25.3 Å². The predicted octanol–water partition coefficient (Wildman–Crippen LogP) is 2.98. The SMILES string of the molecule is COC(C)CN1CC(c2ccccc2)NCC12CCCC2. The van der Waals surface area contributed by atoms with E-state index in [1.165, 1.54) is 31.2 Å². The second-order valence-corrected chi connectivity index (χ2v) is 6.73. The summed E-state index contributed by atoms with van der Waals surface area (Å²) in [5.74, 6) is 0. The molecule has 0 aromatic heterocycles. The summed E-state index contributed by atoms with van der Waals surface area (Å²) < 4.78 is 5.53. The second-order valence-electron chi connectivity index (χ2n) is 6.73. The molecule has 1 aromatic carbocycles. The highest BCUT2D eigenvalue weighted by molar-refractivity contribution is 5.21. The molecule has 1 aliphatic carbocycles. The lowest BCUT2D eigenvalue weighted by molar-refractivity contribution is -0.00550. The summed E-state index contributed by atoms with van der Waals surface area (Å²) in [7, 11) is 1.82. The average molecular weight is 288 g/mol. The Labute approximate surface area is 128 Å². The van der Waals surface area contributed by atoms with Gasteiger partial charge in [0.05, 0.1) is 6.10 Å². The Balaban J connectivity index is 1.76. The highest BCUT2D eigenvalue weighted by Crippen LogP contribution is 2.39. The van der Waals surface area contributed by atoms with E-state index in [-0.39, 0.29) is 0 Å². The maximum absolute atomic E-state index is 5.53. The lowest BCUT2D eigenvalue weighted by Crippen LogP contribution is -2.62. The Bertz CT molecular complexity index is 442. The fourth-order valence-electron chi connectivity index (χ4n) is 3.99. The van der Waals surface area contributed by atoms with Crippen LogP contribution >= 0.6 is 0 Å². The maximum atomic E-state index is 5.53. The van der Waals surface area contributed by atoms with Gasteiger partial charge in [0, 0.05) is 38.3 Å². The van der Waals surface area contributed by atoms with Crippen molar-refractivity contribution in [2.45, 2.75) is 50.3 Å². The molecule has 1 aromatic rings. The Hall–Kier alpha value is -0.900. The van der Waals surface area contributed by atoms with E-state index >= 15 is 0 Å². The Morgan fingerprint density at radius 3 is 2.67 bits per heavy atom. The van der Waals surface area contributed by atoms with Gasteiger partial charge in [-0.3, -0.25) is 4.90 Å². The second kappa shape index (κ2) is 6.47. The molecule has 1 saturated carbocycles. The highest BCUT2D eigenvalue weighted by atomic mass is 16.5. The van der Waals surface area contributed by atoms with Crippen molar-refractivity contribution in [2.75, 3.05) is 26.7 Å². The zero-order valence-corrected chi connectivity index (χ0v) is 13.3. The molecule has 0 radical (unpaired) electrons. The van der Waals surface area contributed by atoms with E-state index in [1.54, 1.807) is 0 Å². The van der Waals surface area contributed by atoms with Crippen LogP contribution in [0.1, 0.15) is 44.2 Å². The van der Waals surface area contributed by atoms with Gasteiger partial charge in [-0.25, -0.2) is 0 Å². The number of nitrogens with zero attached hydrogens (tertiary/aromatic N) is 1. The zero-order valence-electron chi connectivity index (χ0n) is 13.3. The quantitative estimate of drug-likeness (QED) is 0.922. The van der Waals surface area contributed by atoms with Crippen LogP contribution in [0.3, 0.4) is 0 Å². The van der Waals surface area contributed by atoms with Gasteiger partial charge in [0.25, 0.3) is 0 Å². The molecule has 1 spiro atoms. The molecule has 1 N–H and O–H groups in total. The van der Waals surface area contributed by atoms with Crippen molar-refractivity contribution in [3.8, 4) is 0 Å². The molecule has 3 nitrogen and oxygen atoms in total. The molecule has 2 atom stereocenters. The molecule has 3 rings (SSSR count). The predicted molar refractivity (Wildman–Crippen MR) is 86.4 cm³/mol. The highest BCUT2D eigenvalue weighted by Gasteiger charge is 2.43. The van der Waals surface area contributed by atoms with Gasteiger partial charge in [0.1, 0.15) is 0 Å². The third-order valence-corrected chi connectivity index (χ3v) is 5.37. The topological polar surface area (TPSA) is 24.5 Å². The largest absolute Gasteiger partial charge is 0.380 e. The van der Waals surface area contributed by atoms with Crippen LogP contribution in [0.5, 0.6) is 0 Å². The molecule has 1 saturated heterocycles.